The number of rotatable bonds is 5. The first kappa shape index (κ1) is 20.8. The molecular formula is C17H18Cl3NO5. The van der Waals surface area contributed by atoms with Gasteiger partial charge >= 0.3 is 11.9 Å². The molecule has 0 saturated carbocycles. The average molecular weight is 423 g/mol. The van der Waals surface area contributed by atoms with Crippen molar-refractivity contribution in [1.29, 1.82) is 0 Å². The third-order valence-electron chi connectivity index (χ3n) is 3.92. The summed E-state index contributed by atoms with van der Waals surface area (Å²) in [6.07, 6.45) is 1.09. The van der Waals surface area contributed by atoms with Crippen molar-refractivity contribution < 1.29 is 23.9 Å². The molecule has 26 heavy (non-hydrogen) atoms. The number of amides is 1. The van der Waals surface area contributed by atoms with Gasteiger partial charge in [0.05, 0.1) is 30.4 Å². The largest absolute Gasteiger partial charge is 0.462 e. The summed E-state index contributed by atoms with van der Waals surface area (Å²) in [6, 6.07) is 2.68. The monoisotopic (exact) mass is 421 g/mol. The number of nitrogens with one attached hydrogen (secondary N) is 1. The van der Waals surface area contributed by atoms with Crippen LogP contribution in [-0.2, 0) is 20.7 Å². The van der Waals surface area contributed by atoms with Crippen molar-refractivity contribution in [1.82, 2.24) is 5.32 Å². The standard InChI is InChI=1S/C17H18Cl3NO5/c1-3-25-14(22)10-7-5-9-6-8-11(21-16(24)17(18,19)20)12(9)13(10)15(23)26-4-2/h5,7,11H,3-4,6,8H2,1-2H3,(H,21,24). The van der Waals surface area contributed by atoms with Gasteiger partial charge in [0.25, 0.3) is 9.70 Å². The molecule has 1 aromatic rings. The number of aryl methyl sites for hydroxylation is 1. The van der Waals surface area contributed by atoms with Gasteiger partial charge in [-0.15, -0.1) is 0 Å². The predicted molar refractivity (Wildman–Crippen MR) is 97.8 cm³/mol. The summed E-state index contributed by atoms with van der Waals surface area (Å²) >= 11 is 16.9. The Morgan fingerprint density at radius 3 is 2.31 bits per heavy atom. The molecule has 142 valence electrons. The molecule has 1 unspecified atom stereocenters. The summed E-state index contributed by atoms with van der Waals surface area (Å²) in [5, 5.41) is 2.62. The lowest BCUT2D eigenvalue weighted by Gasteiger charge is -2.21. The van der Waals surface area contributed by atoms with Gasteiger partial charge in [-0.25, -0.2) is 9.59 Å². The van der Waals surface area contributed by atoms with E-state index < -0.39 is 27.7 Å². The quantitative estimate of drug-likeness (QED) is 0.580. The summed E-state index contributed by atoms with van der Waals surface area (Å²) in [6.45, 7) is 3.62. The molecule has 2 rings (SSSR count). The van der Waals surface area contributed by atoms with Crippen molar-refractivity contribution in [3.63, 3.8) is 0 Å². The van der Waals surface area contributed by atoms with Crippen LogP contribution < -0.4 is 5.32 Å². The van der Waals surface area contributed by atoms with Crippen molar-refractivity contribution in [2.24, 2.45) is 0 Å². The first-order chi connectivity index (χ1) is 12.2. The van der Waals surface area contributed by atoms with Crippen LogP contribution in [0.1, 0.15) is 58.2 Å². The molecule has 6 nitrogen and oxygen atoms in total. The van der Waals surface area contributed by atoms with Crippen molar-refractivity contribution in [2.75, 3.05) is 13.2 Å². The number of halogens is 3. The van der Waals surface area contributed by atoms with Crippen LogP contribution in [0.15, 0.2) is 12.1 Å². The summed E-state index contributed by atoms with van der Waals surface area (Å²) in [4.78, 5) is 36.9. The third-order valence-corrected chi connectivity index (χ3v) is 4.44. The number of benzene rings is 1. The minimum atomic E-state index is -2.13. The molecular weight excluding hydrogens is 405 g/mol. The van der Waals surface area contributed by atoms with Crippen LogP contribution in [0, 0.1) is 0 Å². The summed E-state index contributed by atoms with van der Waals surface area (Å²) in [5.74, 6) is -2.11. The molecule has 1 N–H and O–H groups in total. The van der Waals surface area contributed by atoms with Crippen molar-refractivity contribution in [3.8, 4) is 0 Å². The highest BCUT2D eigenvalue weighted by Crippen LogP contribution is 2.37. The summed E-state index contributed by atoms with van der Waals surface area (Å²) < 4.78 is 8.00. The van der Waals surface area contributed by atoms with Gasteiger partial charge in [-0.3, -0.25) is 4.79 Å². The topological polar surface area (TPSA) is 81.7 Å². The molecule has 9 heteroatoms. The van der Waals surface area contributed by atoms with E-state index in [-0.39, 0.29) is 24.3 Å². The van der Waals surface area contributed by atoms with Crippen LogP contribution in [0.25, 0.3) is 0 Å². The van der Waals surface area contributed by atoms with Gasteiger partial charge in [0.1, 0.15) is 0 Å². The van der Waals surface area contributed by atoms with Gasteiger partial charge in [-0.2, -0.15) is 0 Å². The first-order valence-electron chi connectivity index (χ1n) is 8.08. The van der Waals surface area contributed by atoms with E-state index in [1.807, 2.05) is 0 Å². The molecule has 0 spiro atoms. The molecule has 0 aromatic heterocycles. The molecule has 1 amide bonds. The van der Waals surface area contributed by atoms with Gasteiger partial charge < -0.3 is 14.8 Å². The van der Waals surface area contributed by atoms with Crippen LogP contribution in [0.5, 0.6) is 0 Å². The number of alkyl halides is 3. The minimum Gasteiger partial charge on any atom is -0.462 e. The van der Waals surface area contributed by atoms with E-state index in [0.717, 1.165) is 5.56 Å². The molecule has 1 atom stereocenters. The Morgan fingerprint density at radius 2 is 1.73 bits per heavy atom. The van der Waals surface area contributed by atoms with Crippen LogP contribution in [0.4, 0.5) is 0 Å². The van der Waals surface area contributed by atoms with Crippen molar-refractivity contribution in [2.45, 2.75) is 36.5 Å². The van der Waals surface area contributed by atoms with E-state index in [2.05, 4.69) is 5.32 Å². The molecule has 0 aliphatic heterocycles. The molecule has 0 saturated heterocycles. The van der Waals surface area contributed by atoms with E-state index in [1.54, 1.807) is 19.9 Å². The molecule has 1 aromatic carbocycles. The van der Waals surface area contributed by atoms with Gasteiger partial charge in [0.2, 0.25) is 0 Å². The lowest BCUT2D eigenvalue weighted by atomic mass is 9.95. The zero-order valence-corrected chi connectivity index (χ0v) is 16.5. The van der Waals surface area contributed by atoms with E-state index >= 15 is 0 Å². The van der Waals surface area contributed by atoms with E-state index in [4.69, 9.17) is 44.3 Å². The molecule has 1 aliphatic carbocycles. The number of fused-ring (bicyclic) bond motifs is 1. The molecule has 0 radical (unpaired) electrons. The highest BCUT2D eigenvalue weighted by Gasteiger charge is 2.37. The smallest absolute Gasteiger partial charge is 0.339 e. The Labute approximate surface area is 166 Å². The number of hydrogen-bond donors (Lipinski definition) is 1. The number of carbonyl (C=O) groups excluding carboxylic acids is 3. The van der Waals surface area contributed by atoms with E-state index in [9.17, 15) is 14.4 Å². The summed E-state index contributed by atoms with van der Waals surface area (Å²) in [5.41, 5.74) is 1.47. The number of hydrogen-bond acceptors (Lipinski definition) is 5. The zero-order valence-electron chi connectivity index (χ0n) is 14.2. The average Bonchev–Trinajstić information content (AvgIpc) is 2.96. The van der Waals surface area contributed by atoms with Crippen molar-refractivity contribution in [3.05, 3.63) is 34.4 Å². The SMILES string of the molecule is CCOC(=O)c1ccc2c(c1C(=O)OCC)C(NC(=O)C(Cl)(Cl)Cl)CC2. The number of carbonyl (C=O) groups is 3. The molecule has 1 aliphatic rings. The molecule has 0 fully saturated rings. The normalized spacial score (nSPS) is 16.0. The van der Waals surface area contributed by atoms with Crippen molar-refractivity contribution >= 4 is 52.6 Å². The second kappa shape index (κ2) is 8.46. The Bertz CT molecular complexity index is 730. The Hall–Kier alpha value is -1.50. The fourth-order valence-corrected chi connectivity index (χ4v) is 3.07. The lowest BCUT2D eigenvalue weighted by molar-refractivity contribution is -0.121. The number of esters is 2. The molecule has 0 bridgehead atoms. The Balaban J connectivity index is 2.51. The van der Waals surface area contributed by atoms with Crippen LogP contribution >= 0.6 is 34.8 Å². The van der Waals surface area contributed by atoms with Gasteiger partial charge in [-0.1, -0.05) is 40.9 Å². The predicted octanol–water partition coefficient (Wildman–Crippen LogP) is 3.51. The maximum atomic E-state index is 12.5. The fraction of sp³-hybridized carbons (Fsp3) is 0.471. The Kier molecular flexibility index (Phi) is 6.77. The fourth-order valence-electron chi connectivity index (χ4n) is 2.91. The van der Waals surface area contributed by atoms with E-state index in [1.165, 1.54) is 6.07 Å². The molecule has 0 heterocycles. The maximum absolute atomic E-state index is 12.5. The van der Waals surface area contributed by atoms with Gasteiger partial charge in [0.15, 0.2) is 0 Å². The summed E-state index contributed by atoms with van der Waals surface area (Å²) in [7, 11) is 0. The van der Waals surface area contributed by atoms with Gasteiger partial charge in [-0.05, 0) is 43.9 Å². The zero-order chi connectivity index (χ0) is 19.5. The van der Waals surface area contributed by atoms with Crippen LogP contribution in [0.3, 0.4) is 0 Å². The number of ether oxygens (including phenoxy) is 2. The van der Waals surface area contributed by atoms with Gasteiger partial charge in [0, 0.05) is 0 Å². The second-order valence-electron chi connectivity index (χ2n) is 5.56. The highest BCUT2D eigenvalue weighted by atomic mass is 35.6. The van der Waals surface area contributed by atoms with Crippen LogP contribution in [-0.4, -0.2) is 34.9 Å². The first-order valence-corrected chi connectivity index (χ1v) is 9.21. The third kappa shape index (κ3) is 4.42. The second-order valence-corrected chi connectivity index (χ2v) is 7.85. The minimum absolute atomic E-state index is 0.0786. The highest BCUT2D eigenvalue weighted by molar-refractivity contribution is 6.76. The Morgan fingerprint density at radius 1 is 1.12 bits per heavy atom. The van der Waals surface area contributed by atoms with E-state index in [0.29, 0.717) is 18.4 Å². The lowest BCUT2D eigenvalue weighted by Crippen LogP contribution is -2.37. The van der Waals surface area contributed by atoms with Crippen LogP contribution in [0.2, 0.25) is 0 Å². The maximum Gasteiger partial charge on any atom is 0.339 e.